The summed E-state index contributed by atoms with van der Waals surface area (Å²) in [5.74, 6) is -1.29. The number of amides is 3. The lowest BCUT2D eigenvalue weighted by molar-refractivity contribution is -0.0111. The fraction of sp³-hybridized carbons (Fsp3) is 0.300. The van der Waals surface area contributed by atoms with Crippen LogP contribution in [-0.4, -0.2) is 69.8 Å². The maximum absolute atomic E-state index is 13.6. The topological polar surface area (TPSA) is 181 Å². The van der Waals surface area contributed by atoms with Crippen molar-refractivity contribution < 1.29 is 28.7 Å². The number of aryl methyl sites for hydroxylation is 1. The molecule has 0 aliphatic heterocycles. The minimum atomic E-state index is -0.931. The van der Waals surface area contributed by atoms with Crippen LogP contribution in [0.5, 0.6) is 0 Å². The Kier molecular flexibility index (Phi) is 8.60. The van der Waals surface area contributed by atoms with Crippen molar-refractivity contribution in [2.45, 2.75) is 51.6 Å². The van der Waals surface area contributed by atoms with E-state index >= 15 is 0 Å². The number of hydrogen-bond acceptors (Lipinski definition) is 8. The van der Waals surface area contributed by atoms with Gasteiger partial charge in [0.25, 0.3) is 11.8 Å². The first-order valence-electron chi connectivity index (χ1n) is 13.8. The van der Waals surface area contributed by atoms with Crippen LogP contribution in [0, 0.1) is 13.8 Å². The number of imide groups is 1. The Morgan fingerprint density at radius 2 is 1.91 bits per heavy atom. The number of nitrogens with two attached hydrogens (primary N) is 1. The number of aliphatic imine (C=N–C) groups is 2. The second kappa shape index (κ2) is 12.7. The molecule has 2 saturated carbocycles. The van der Waals surface area contributed by atoms with Crippen LogP contribution in [0.4, 0.5) is 10.5 Å². The maximum atomic E-state index is 13.6. The van der Waals surface area contributed by atoms with Gasteiger partial charge in [0.15, 0.2) is 5.84 Å². The number of benzene rings is 1. The van der Waals surface area contributed by atoms with Gasteiger partial charge < -0.3 is 25.5 Å². The summed E-state index contributed by atoms with van der Waals surface area (Å²) in [4.78, 5) is 68.0. The molecule has 3 aromatic rings. The van der Waals surface area contributed by atoms with Gasteiger partial charge in [-0.05, 0) is 74.9 Å². The predicted molar refractivity (Wildman–Crippen MR) is 156 cm³/mol. The van der Waals surface area contributed by atoms with Crippen molar-refractivity contribution in [1.29, 1.82) is 0 Å². The number of H-pyrrole nitrogens is 1. The summed E-state index contributed by atoms with van der Waals surface area (Å²) in [6.07, 6.45) is 7.65. The molecule has 5 rings (SSSR count). The fourth-order valence-electron chi connectivity index (χ4n) is 4.28. The number of rotatable bonds is 9. The van der Waals surface area contributed by atoms with Crippen molar-refractivity contribution in [3.05, 3.63) is 82.4 Å². The number of carbonyl (C=O) groups excluding carboxylic acids is 4. The van der Waals surface area contributed by atoms with Crippen LogP contribution in [-0.2, 0) is 9.47 Å². The number of ether oxygens (including phenoxy) is 2. The van der Waals surface area contributed by atoms with Crippen molar-refractivity contribution >= 4 is 41.7 Å². The van der Waals surface area contributed by atoms with E-state index in [0.29, 0.717) is 35.3 Å². The highest BCUT2D eigenvalue weighted by molar-refractivity contribution is 6.09. The Morgan fingerprint density at radius 1 is 1.12 bits per heavy atom. The first kappa shape index (κ1) is 29.2. The van der Waals surface area contributed by atoms with Gasteiger partial charge in [-0.25, -0.2) is 24.5 Å². The van der Waals surface area contributed by atoms with Gasteiger partial charge in [-0.3, -0.25) is 14.6 Å². The summed E-state index contributed by atoms with van der Waals surface area (Å²) in [5, 5.41) is 2.96. The van der Waals surface area contributed by atoms with E-state index in [-0.39, 0.29) is 35.0 Å². The van der Waals surface area contributed by atoms with Gasteiger partial charge in [-0.1, -0.05) is 6.07 Å². The first-order valence-corrected chi connectivity index (χ1v) is 13.8. The molecular weight excluding hydrogens is 554 g/mol. The van der Waals surface area contributed by atoms with Crippen LogP contribution in [0.2, 0.25) is 0 Å². The number of hydrogen-bond donors (Lipinski definition) is 3. The van der Waals surface area contributed by atoms with Crippen LogP contribution in [0.1, 0.15) is 73.6 Å². The highest BCUT2D eigenvalue weighted by atomic mass is 16.7. The second-order valence-electron chi connectivity index (χ2n) is 10.3. The van der Waals surface area contributed by atoms with Crippen molar-refractivity contribution in [2.75, 3.05) is 6.79 Å². The highest BCUT2D eigenvalue weighted by Crippen LogP contribution is 2.31. The predicted octanol–water partition coefficient (Wildman–Crippen LogP) is 3.54. The summed E-state index contributed by atoms with van der Waals surface area (Å²) in [6, 6.07) is 8.17. The number of aromatic amines is 1. The molecule has 2 fully saturated rings. The summed E-state index contributed by atoms with van der Waals surface area (Å²) >= 11 is 0. The van der Waals surface area contributed by atoms with E-state index in [1.54, 1.807) is 31.2 Å². The number of nitrogens with one attached hydrogen (secondary N) is 2. The van der Waals surface area contributed by atoms with E-state index in [2.05, 4.69) is 25.3 Å². The van der Waals surface area contributed by atoms with Crippen LogP contribution < -0.4 is 11.1 Å². The van der Waals surface area contributed by atoms with Crippen LogP contribution in [0.25, 0.3) is 0 Å². The molecule has 0 atom stereocenters. The zero-order valence-corrected chi connectivity index (χ0v) is 23.7. The standard InChI is InChI=1S/C30H31N7O6/c1-17-5-6-19(27(38)35-21-7-8-21)12-24(17)36-26(34-15-31)25-18(2)23(14-33-25)28(39)37(22-9-10-22)30(41)43-16-42-29(40)20-4-3-11-32-13-20/h3-6,11-15,21-22,33H,7-10,16H2,1-2H3,(H,35,38)(H2,31,34,36). The monoisotopic (exact) mass is 585 g/mol. The van der Waals surface area contributed by atoms with Crippen LogP contribution in [0.15, 0.2) is 58.9 Å². The lowest BCUT2D eigenvalue weighted by Gasteiger charge is -2.19. The zero-order chi connectivity index (χ0) is 30.5. The maximum Gasteiger partial charge on any atom is 0.419 e. The van der Waals surface area contributed by atoms with Gasteiger partial charge in [0.1, 0.15) is 0 Å². The molecule has 0 unspecified atom stereocenters. The van der Waals surface area contributed by atoms with Crippen molar-refractivity contribution in [3.63, 3.8) is 0 Å². The summed E-state index contributed by atoms with van der Waals surface area (Å²) < 4.78 is 10.1. The molecule has 13 heteroatoms. The zero-order valence-electron chi connectivity index (χ0n) is 23.7. The Balaban J connectivity index is 1.33. The van der Waals surface area contributed by atoms with Gasteiger partial charge in [0.05, 0.1) is 28.8 Å². The number of nitrogens with zero attached hydrogens (tertiary/aromatic N) is 4. The number of esters is 1. The van der Waals surface area contributed by atoms with E-state index in [9.17, 15) is 19.2 Å². The molecule has 0 radical (unpaired) electrons. The summed E-state index contributed by atoms with van der Waals surface area (Å²) in [5.41, 5.74) is 8.71. The number of aromatic nitrogens is 2. The molecule has 1 aromatic carbocycles. The van der Waals surface area contributed by atoms with Gasteiger partial charge in [-0.15, -0.1) is 0 Å². The third kappa shape index (κ3) is 6.94. The molecular formula is C30H31N7O6. The quantitative estimate of drug-likeness (QED) is 0.147. The van der Waals surface area contributed by atoms with E-state index in [0.717, 1.165) is 29.6 Å². The van der Waals surface area contributed by atoms with E-state index in [1.165, 1.54) is 24.7 Å². The molecule has 2 aromatic heterocycles. The van der Waals surface area contributed by atoms with Crippen molar-refractivity contribution in [1.82, 2.24) is 20.2 Å². The Morgan fingerprint density at radius 3 is 2.58 bits per heavy atom. The van der Waals surface area contributed by atoms with Crippen LogP contribution in [0.3, 0.4) is 0 Å². The lowest BCUT2D eigenvalue weighted by Crippen LogP contribution is -2.39. The third-order valence-electron chi connectivity index (χ3n) is 7.00. The molecule has 3 amide bonds. The van der Waals surface area contributed by atoms with Crippen molar-refractivity contribution in [2.24, 2.45) is 15.7 Å². The molecule has 4 N–H and O–H groups in total. The fourth-order valence-corrected chi connectivity index (χ4v) is 4.28. The third-order valence-corrected chi connectivity index (χ3v) is 7.00. The number of amidine groups is 1. The number of carbonyl (C=O) groups is 4. The minimum absolute atomic E-state index is 0.175. The average molecular weight is 586 g/mol. The molecule has 13 nitrogen and oxygen atoms in total. The van der Waals surface area contributed by atoms with E-state index in [1.807, 2.05) is 6.92 Å². The minimum Gasteiger partial charge on any atom is -0.424 e. The van der Waals surface area contributed by atoms with Gasteiger partial charge in [-0.2, -0.15) is 0 Å². The van der Waals surface area contributed by atoms with Gasteiger partial charge in [0, 0.05) is 36.2 Å². The van der Waals surface area contributed by atoms with E-state index < -0.39 is 24.8 Å². The summed E-state index contributed by atoms with van der Waals surface area (Å²) in [6.45, 7) is 2.88. The van der Waals surface area contributed by atoms with Gasteiger partial charge >= 0.3 is 12.1 Å². The normalized spacial score (nSPS) is 14.8. The molecule has 0 saturated heterocycles. The molecule has 0 bridgehead atoms. The molecule has 2 aliphatic rings. The Labute approximate surface area is 247 Å². The smallest absolute Gasteiger partial charge is 0.419 e. The second-order valence-corrected chi connectivity index (χ2v) is 10.3. The summed E-state index contributed by atoms with van der Waals surface area (Å²) in [7, 11) is 0. The molecule has 2 aliphatic carbocycles. The SMILES string of the molecule is Cc1ccc(C(=O)NC2CC2)cc1N=C(N=CN)c1[nH]cc(C(=O)N(C(=O)OCOC(=O)c2cccnc2)C2CC2)c1C. The van der Waals surface area contributed by atoms with E-state index in [4.69, 9.17) is 15.2 Å². The van der Waals surface area contributed by atoms with Crippen molar-refractivity contribution in [3.8, 4) is 0 Å². The molecule has 222 valence electrons. The Hall–Kier alpha value is -5.33. The average Bonchev–Trinajstić information content (AvgIpc) is 3.94. The molecule has 43 heavy (non-hydrogen) atoms. The first-order chi connectivity index (χ1) is 20.8. The number of pyridine rings is 1. The highest BCUT2D eigenvalue weighted by Gasteiger charge is 2.40. The van der Waals surface area contributed by atoms with Gasteiger partial charge in [0.2, 0.25) is 6.79 Å². The molecule has 0 spiro atoms. The Bertz CT molecular complexity index is 1610. The van der Waals surface area contributed by atoms with Crippen LogP contribution >= 0.6 is 0 Å². The largest absolute Gasteiger partial charge is 0.424 e. The molecule has 2 heterocycles. The lowest BCUT2D eigenvalue weighted by atomic mass is 10.1.